The molecule has 1 aromatic rings. The van der Waals surface area contributed by atoms with Crippen LogP contribution in [0.15, 0.2) is 23.1 Å². The zero-order valence-electron chi connectivity index (χ0n) is 16.5. The van der Waals surface area contributed by atoms with Crippen LogP contribution in [0.1, 0.15) is 30.4 Å². The fraction of sp³-hybridized carbons (Fsp3) is 0.650. The number of ether oxygens (including phenoxy) is 1. The van der Waals surface area contributed by atoms with Crippen LogP contribution in [-0.2, 0) is 19.6 Å². The number of hydrogen-bond donors (Lipinski definition) is 0. The third-order valence-corrected chi connectivity index (χ3v) is 9.18. The third-order valence-electron chi connectivity index (χ3n) is 5.84. The molecule has 0 radical (unpaired) electrons. The number of carbonyl (C=O) groups excluding carboxylic acids is 1. The number of aryl methyl sites for hydroxylation is 2. The summed E-state index contributed by atoms with van der Waals surface area (Å²) < 4.78 is 33.3. The van der Waals surface area contributed by atoms with Crippen molar-refractivity contribution < 1.29 is 17.9 Å². The Morgan fingerprint density at radius 1 is 1.18 bits per heavy atom. The lowest BCUT2D eigenvalue weighted by Crippen LogP contribution is -2.60. The van der Waals surface area contributed by atoms with Gasteiger partial charge in [-0.15, -0.1) is 11.8 Å². The van der Waals surface area contributed by atoms with E-state index in [1.807, 2.05) is 24.8 Å². The van der Waals surface area contributed by atoms with E-state index < -0.39 is 10.0 Å². The van der Waals surface area contributed by atoms with Gasteiger partial charge in [-0.05, 0) is 56.4 Å². The Kier molecular flexibility index (Phi) is 5.50. The Labute approximate surface area is 171 Å². The number of benzene rings is 1. The van der Waals surface area contributed by atoms with Crippen LogP contribution in [0, 0.1) is 13.8 Å². The smallest absolute Gasteiger partial charge is 0.248 e. The molecule has 3 aliphatic heterocycles. The summed E-state index contributed by atoms with van der Waals surface area (Å²) in [5, 5.41) is 0. The first-order chi connectivity index (χ1) is 13.3. The van der Waals surface area contributed by atoms with Gasteiger partial charge in [-0.25, -0.2) is 8.42 Å². The fourth-order valence-electron chi connectivity index (χ4n) is 4.37. The van der Waals surface area contributed by atoms with Gasteiger partial charge in [0.1, 0.15) is 6.61 Å². The highest BCUT2D eigenvalue weighted by atomic mass is 32.2. The van der Waals surface area contributed by atoms with Gasteiger partial charge in [0.05, 0.1) is 11.0 Å². The first-order valence-corrected chi connectivity index (χ1v) is 12.3. The number of thioether (sulfide) groups is 1. The van der Waals surface area contributed by atoms with Crippen molar-refractivity contribution in [2.24, 2.45) is 0 Å². The molecule has 0 aromatic heterocycles. The molecular weight excluding hydrogens is 396 g/mol. The van der Waals surface area contributed by atoms with Crippen molar-refractivity contribution in [3.05, 3.63) is 29.3 Å². The predicted molar refractivity (Wildman–Crippen MR) is 110 cm³/mol. The summed E-state index contributed by atoms with van der Waals surface area (Å²) in [7, 11) is -3.45. The van der Waals surface area contributed by atoms with Gasteiger partial charge in [-0.1, -0.05) is 6.07 Å². The molecule has 28 heavy (non-hydrogen) atoms. The van der Waals surface area contributed by atoms with Gasteiger partial charge in [0, 0.05) is 36.7 Å². The molecule has 4 rings (SSSR count). The summed E-state index contributed by atoms with van der Waals surface area (Å²) in [6.45, 7) is 6.71. The lowest BCUT2D eigenvalue weighted by Gasteiger charge is -2.46. The molecule has 1 amide bonds. The minimum atomic E-state index is -3.45. The predicted octanol–water partition coefficient (Wildman–Crippen LogP) is 2.19. The van der Waals surface area contributed by atoms with Gasteiger partial charge in [0.2, 0.25) is 15.9 Å². The van der Waals surface area contributed by atoms with E-state index in [4.69, 9.17) is 4.74 Å². The van der Waals surface area contributed by atoms with E-state index in [1.54, 1.807) is 28.2 Å². The van der Waals surface area contributed by atoms with Gasteiger partial charge in [-0.2, -0.15) is 4.31 Å². The Bertz CT molecular complexity index is 839. The highest BCUT2D eigenvalue weighted by Crippen LogP contribution is 2.47. The fourth-order valence-corrected chi connectivity index (χ4v) is 7.89. The Balaban J connectivity index is 1.31. The minimum Gasteiger partial charge on any atom is -0.367 e. The number of rotatable bonds is 5. The average molecular weight is 425 g/mol. The quantitative estimate of drug-likeness (QED) is 0.725. The number of sulfonamides is 1. The second-order valence-electron chi connectivity index (χ2n) is 8.32. The number of likely N-dealkylation sites (tertiary alicyclic amines) is 1. The monoisotopic (exact) mass is 424 g/mol. The lowest BCUT2D eigenvalue weighted by atomic mass is 9.95. The van der Waals surface area contributed by atoms with E-state index >= 15 is 0 Å². The number of hydrogen-bond acceptors (Lipinski definition) is 5. The van der Waals surface area contributed by atoms with Gasteiger partial charge in [0.25, 0.3) is 0 Å². The molecule has 0 saturated carbocycles. The van der Waals surface area contributed by atoms with E-state index in [0.717, 1.165) is 49.2 Å². The zero-order valence-corrected chi connectivity index (χ0v) is 18.2. The van der Waals surface area contributed by atoms with E-state index in [-0.39, 0.29) is 23.4 Å². The van der Waals surface area contributed by atoms with Gasteiger partial charge >= 0.3 is 0 Å². The van der Waals surface area contributed by atoms with E-state index in [1.165, 1.54) is 0 Å². The lowest BCUT2D eigenvalue weighted by molar-refractivity contribution is -0.136. The van der Waals surface area contributed by atoms with Crippen molar-refractivity contribution in [2.45, 2.75) is 48.9 Å². The van der Waals surface area contributed by atoms with Crippen LogP contribution >= 0.6 is 11.8 Å². The molecule has 154 valence electrons. The summed E-state index contributed by atoms with van der Waals surface area (Å²) in [5.41, 5.74) is 1.92. The minimum absolute atomic E-state index is 0.0302. The third kappa shape index (κ3) is 3.97. The van der Waals surface area contributed by atoms with Crippen LogP contribution < -0.4 is 0 Å². The Morgan fingerprint density at radius 3 is 2.46 bits per heavy atom. The molecule has 3 fully saturated rings. The summed E-state index contributed by atoms with van der Waals surface area (Å²) in [4.78, 5) is 14.4. The van der Waals surface area contributed by atoms with Crippen LogP contribution in [-0.4, -0.2) is 72.9 Å². The van der Waals surface area contributed by atoms with Crippen molar-refractivity contribution in [2.75, 3.05) is 38.5 Å². The van der Waals surface area contributed by atoms with Gasteiger partial charge in [-0.3, -0.25) is 4.79 Å². The molecule has 0 N–H and O–H groups in total. The molecule has 3 heterocycles. The average Bonchev–Trinajstić information content (AvgIpc) is 3.27. The molecule has 1 spiro atoms. The zero-order chi connectivity index (χ0) is 19.9. The molecular formula is C20H28N2O4S2. The maximum Gasteiger partial charge on any atom is 0.248 e. The van der Waals surface area contributed by atoms with Gasteiger partial charge in [0.15, 0.2) is 0 Å². The van der Waals surface area contributed by atoms with Crippen LogP contribution in [0.25, 0.3) is 0 Å². The molecule has 1 aromatic carbocycles. The van der Waals surface area contributed by atoms with Crippen LogP contribution in [0.5, 0.6) is 0 Å². The van der Waals surface area contributed by atoms with Crippen LogP contribution in [0.4, 0.5) is 0 Å². The van der Waals surface area contributed by atoms with E-state index in [9.17, 15) is 13.2 Å². The standard InChI is InChI=1S/C20H28N2O4S2/c1-15-7-16(2)9-18(8-15)28(24,25)22-13-20(14-22)10-17(12-27-20)26-11-19(23)21-5-3-4-6-21/h7-9,17H,3-6,10-14H2,1-2H3/t17-/m1/s1. The first-order valence-electron chi connectivity index (χ1n) is 9.89. The maximum absolute atomic E-state index is 12.9. The largest absolute Gasteiger partial charge is 0.367 e. The molecule has 1 atom stereocenters. The van der Waals surface area contributed by atoms with Crippen LogP contribution in [0.3, 0.4) is 0 Å². The number of nitrogens with zero attached hydrogens (tertiary/aromatic N) is 2. The van der Waals surface area contributed by atoms with Crippen molar-refractivity contribution in [1.82, 2.24) is 9.21 Å². The van der Waals surface area contributed by atoms with E-state index in [0.29, 0.717) is 18.0 Å². The van der Waals surface area contributed by atoms with Crippen molar-refractivity contribution >= 4 is 27.7 Å². The second kappa shape index (κ2) is 7.63. The van der Waals surface area contributed by atoms with Gasteiger partial charge < -0.3 is 9.64 Å². The molecule has 8 heteroatoms. The Hall–Kier alpha value is -1.09. The molecule has 3 saturated heterocycles. The second-order valence-corrected chi connectivity index (χ2v) is 11.7. The molecule has 0 aliphatic carbocycles. The number of carbonyl (C=O) groups is 1. The first kappa shape index (κ1) is 20.2. The molecule has 0 bridgehead atoms. The summed E-state index contributed by atoms with van der Waals surface area (Å²) in [5.74, 6) is 0.904. The maximum atomic E-state index is 12.9. The van der Waals surface area contributed by atoms with Crippen molar-refractivity contribution in [1.29, 1.82) is 0 Å². The summed E-state index contributed by atoms with van der Waals surface area (Å²) >= 11 is 1.79. The topological polar surface area (TPSA) is 66.9 Å². The summed E-state index contributed by atoms with van der Waals surface area (Å²) in [6, 6.07) is 5.46. The normalized spacial score (nSPS) is 24.6. The summed E-state index contributed by atoms with van der Waals surface area (Å²) in [6.07, 6.45) is 3.00. The molecule has 3 aliphatic rings. The number of amides is 1. The van der Waals surface area contributed by atoms with E-state index in [2.05, 4.69) is 0 Å². The van der Waals surface area contributed by atoms with Crippen molar-refractivity contribution in [3.8, 4) is 0 Å². The SMILES string of the molecule is Cc1cc(C)cc(S(=O)(=O)N2CC3(C[C@@H](OCC(=O)N4CCCC4)CS3)C2)c1. The molecule has 0 unspecified atom stereocenters. The molecule has 6 nitrogen and oxygen atoms in total. The Morgan fingerprint density at radius 2 is 1.82 bits per heavy atom. The van der Waals surface area contributed by atoms with Crippen LogP contribution in [0.2, 0.25) is 0 Å². The highest BCUT2D eigenvalue weighted by molar-refractivity contribution is 8.01. The highest BCUT2D eigenvalue weighted by Gasteiger charge is 2.53. The van der Waals surface area contributed by atoms with Crippen molar-refractivity contribution in [3.63, 3.8) is 0 Å².